The third kappa shape index (κ3) is 4.78. The van der Waals surface area contributed by atoms with E-state index in [0.29, 0.717) is 11.9 Å². The summed E-state index contributed by atoms with van der Waals surface area (Å²) in [5, 5.41) is 0. The van der Waals surface area contributed by atoms with E-state index < -0.39 is 0 Å². The van der Waals surface area contributed by atoms with Gasteiger partial charge in [-0.2, -0.15) is 0 Å². The van der Waals surface area contributed by atoms with Gasteiger partial charge in [-0.1, -0.05) is 37.3 Å². The molecule has 1 saturated heterocycles. The Hall–Kier alpha value is -4.07. The summed E-state index contributed by atoms with van der Waals surface area (Å²) in [6.07, 6.45) is 4.80. The molecule has 1 fully saturated rings. The Morgan fingerprint density at radius 3 is 2.47 bits per heavy atom. The number of rotatable bonds is 6. The van der Waals surface area contributed by atoms with Crippen molar-refractivity contribution in [2.24, 2.45) is 5.73 Å². The SMILES string of the molecule is CCc1cccc(-c2ccc3nc(-c4cccnc4N)n(-c4ccc(CN5CCC(N)CC5)cc4)c3n2)c1. The lowest BCUT2D eigenvalue weighted by atomic mass is 10.1. The van der Waals surface area contributed by atoms with Crippen molar-refractivity contribution in [2.75, 3.05) is 18.8 Å². The fourth-order valence-corrected chi connectivity index (χ4v) is 5.22. The minimum atomic E-state index is 0.336. The second kappa shape index (κ2) is 10.4. The molecule has 192 valence electrons. The first-order chi connectivity index (χ1) is 18.6. The van der Waals surface area contributed by atoms with E-state index in [9.17, 15) is 0 Å². The van der Waals surface area contributed by atoms with Gasteiger partial charge in [-0.25, -0.2) is 15.0 Å². The Bertz CT molecular complexity index is 1560. The lowest BCUT2D eigenvalue weighted by Gasteiger charge is -2.30. The van der Waals surface area contributed by atoms with Crippen molar-refractivity contribution in [3.63, 3.8) is 0 Å². The first-order valence-electron chi connectivity index (χ1n) is 13.4. The number of imidazole rings is 1. The third-order valence-corrected chi connectivity index (χ3v) is 7.45. The van der Waals surface area contributed by atoms with Gasteiger partial charge in [0.2, 0.25) is 0 Å². The summed E-state index contributed by atoms with van der Waals surface area (Å²) in [6, 6.07) is 25.5. The Kier molecular flexibility index (Phi) is 6.62. The van der Waals surface area contributed by atoms with Crippen molar-refractivity contribution in [3.05, 3.63) is 90.1 Å². The van der Waals surface area contributed by atoms with Gasteiger partial charge in [0, 0.05) is 30.0 Å². The number of nitrogens with two attached hydrogens (primary N) is 2. The second-order valence-corrected chi connectivity index (χ2v) is 10.1. The summed E-state index contributed by atoms with van der Waals surface area (Å²) in [6.45, 7) is 5.19. The lowest BCUT2D eigenvalue weighted by molar-refractivity contribution is 0.205. The highest BCUT2D eigenvalue weighted by Crippen LogP contribution is 2.32. The standard InChI is InChI=1S/C31H33N7/c1-2-21-5-3-6-23(19-21)27-12-13-28-31(35-27)38(30(36-28)26-7-4-16-34-29(26)33)25-10-8-22(9-11-25)20-37-17-14-24(32)15-18-37/h3-13,16,19,24H,2,14-15,17-18,20,32H2,1H3,(H2,33,34). The van der Waals surface area contributed by atoms with E-state index in [-0.39, 0.29) is 0 Å². The zero-order valence-electron chi connectivity index (χ0n) is 21.7. The van der Waals surface area contributed by atoms with Crippen LogP contribution < -0.4 is 11.5 Å². The van der Waals surface area contributed by atoms with Gasteiger partial charge in [-0.05, 0) is 85.9 Å². The van der Waals surface area contributed by atoms with E-state index in [0.717, 1.165) is 78.4 Å². The number of aromatic nitrogens is 4. The van der Waals surface area contributed by atoms with Crippen LogP contribution in [0.15, 0.2) is 79.0 Å². The van der Waals surface area contributed by atoms with Gasteiger partial charge in [0.1, 0.15) is 11.3 Å². The topological polar surface area (TPSA) is 98.9 Å². The van der Waals surface area contributed by atoms with Crippen LogP contribution in [0.4, 0.5) is 5.82 Å². The van der Waals surface area contributed by atoms with Crippen molar-refractivity contribution < 1.29 is 0 Å². The van der Waals surface area contributed by atoms with Crippen LogP contribution in [0.5, 0.6) is 0 Å². The third-order valence-electron chi connectivity index (χ3n) is 7.45. The average molecular weight is 504 g/mol. The molecule has 7 heteroatoms. The highest BCUT2D eigenvalue weighted by atomic mass is 15.1. The number of piperidine rings is 1. The van der Waals surface area contributed by atoms with Crippen molar-refractivity contribution in [3.8, 4) is 28.3 Å². The van der Waals surface area contributed by atoms with Gasteiger partial charge in [0.25, 0.3) is 0 Å². The monoisotopic (exact) mass is 503 g/mol. The van der Waals surface area contributed by atoms with E-state index in [1.54, 1.807) is 6.20 Å². The second-order valence-electron chi connectivity index (χ2n) is 10.1. The quantitative estimate of drug-likeness (QED) is 0.330. The van der Waals surface area contributed by atoms with Crippen molar-refractivity contribution in [1.82, 2.24) is 24.4 Å². The molecule has 0 spiro atoms. The zero-order chi connectivity index (χ0) is 26.1. The molecule has 0 aliphatic carbocycles. The van der Waals surface area contributed by atoms with Crippen LogP contribution in [0.2, 0.25) is 0 Å². The number of nitrogen functional groups attached to an aromatic ring is 1. The molecule has 1 aliphatic rings. The summed E-state index contributed by atoms with van der Waals surface area (Å²) < 4.78 is 2.10. The Morgan fingerprint density at radius 1 is 0.895 bits per heavy atom. The van der Waals surface area contributed by atoms with Gasteiger partial charge < -0.3 is 11.5 Å². The average Bonchev–Trinajstić information content (AvgIpc) is 3.33. The van der Waals surface area contributed by atoms with Crippen LogP contribution in [-0.2, 0) is 13.0 Å². The summed E-state index contributed by atoms with van der Waals surface area (Å²) in [7, 11) is 0. The fourth-order valence-electron chi connectivity index (χ4n) is 5.22. The maximum absolute atomic E-state index is 6.31. The van der Waals surface area contributed by atoms with Gasteiger partial charge in [0.05, 0.1) is 11.3 Å². The van der Waals surface area contributed by atoms with Crippen molar-refractivity contribution >= 4 is 17.0 Å². The molecule has 6 rings (SSSR count). The van der Waals surface area contributed by atoms with Gasteiger partial charge in [-0.15, -0.1) is 0 Å². The fraction of sp³-hybridized carbons (Fsp3) is 0.258. The number of benzene rings is 2. The molecule has 4 N–H and O–H groups in total. The molecule has 7 nitrogen and oxygen atoms in total. The molecule has 1 aliphatic heterocycles. The maximum atomic E-state index is 6.31. The molecule has 38 heavy (non-hydrogen) atoms. The summed E-state index contributed by atoms with van der Waals surface area (Å²) >= 11 is 0. The van der Waals surface area contributed by atoms with Crippen LogP contribution in [0.1, 0.15) is 30.9 Å². The molecule has 0 radical (unpaired) electrons. The van der Waals surface area contributed by atoms with Crippen molar-refractivity contribution in [1.29, 1.82) is 0 Å². The molecule has 0 bridgehead atoms. The van der Waals surface area contributed by atoms with Gasteiger partial charge in [0.15, 0.2) is 11.5 Å². The first-order valence-corrected chi connectivity index (χ1v) is 13.4. The summed E-state index contributed by atoms with van der Waals surface area (Å²) in [5.41, 5.74) is 20.4. The molecule has 0 atom stereocenters. The van der Waals surface area contributed by atoms with Crippen LogP contribution in [-0.4, -0.2) is 43.6 Å². The van der Waals surface area contributed by atoms with E-state index in [4.69, 9.17) is 21.4 Å². The van der Waals surface area contributed by atoms with E-state index >= 15 is 0 Å². The number of anilines is 1. The molecule has 0 unspecified atom stereocenters. The van der Waals surface area contributed by atoms with E-state index in [1.165, 1.54) is 11.1 Å². The predicted octanol–water partition coefficient (Wildman–Crippen LogP) is 5.22. The lowest BCUT2D eigenvalue weighted by Crippen LogP contribution is -2.39. The first kappa shape index (κ1) is 24.3. The zero-order valence-corrected chi connectivity index (χ0v) is 21.7. The highest BCUT2D eigenvalue weighted by molar-refractivity contribution is 5.84. The Morgan fingerprint density at radius 2 is 1.71 bits per heavy atom. The van der Waals surface area contributed by atoms with Crippen molar-refractivity contribution in [2.45, 2.75) is 38.8 Å². The predicted molar refractivity (Wildman–Crippen MR) is 154 cm³/mol. The molecule has 0 amide bonds. The number of hydrogen-bond acceptors (Lipinski definition) is 6. The Labute approximate surface area is 223 Å². The molecule has 0 saturated carbocycles. The smallest absolute Gasteiger partial charge is 0.165 e. The number of hydrogen-bond donors (Lipinski definition) is 2. The molecular weight excluding hydrogens is 470 g/mol. The number of likely N-dealkylation sites (tertiary alicyclic amines) is 1. The number of aryl methyl sites for hydroxylation is 1. The highest BCUT2D eigenvalue weighted by Gasteiger charge is 2.20. The van der Waals surface area contributed by atoms with Gasteiger partial charge >= 0.3 is 0 Å². The van der Waals surface area contributed by atoms with Crippen LogP contribution in [0.3, 0.4) is 0 Å². The molecular formula is C31H33N7. The van der Waals surface area contributed by atoms with Crippen LogP contribution in [0.25, 0.3) is 39.5 Å². The largest absolute Gasteiger partial charge is 0.383 e. The summed E-state index contributed by atoms with van der Waals surface area (Å²) in [5.74, 6) is 1.18. The minimum absolute atomic E-state index is 0.336. The Balaban J connectivity index is 1.44. The van der Waals surface area contributed by atoms with Crippen LogP contribution in [0, 0.1) is 0 Å². The maximum Gasteiger partial charge on any atom is 0.165 e. The molecule has 3 aromatic heterocycles. The molecule has 4 heterocycles. The normalized spacial score (nSPS) is 14.8. The van der Waals surface area contributed by atoms with E-state index in [1.807, 2.05) is 24.3 Å². The molecule has 5 aromatic rings. The van der Waals surface area contributed by atoms with Crippen LogP contribution >= 0.6 is 0 Å². The number of nitrogens with zero attached hydrogens (tertiary/aromatic N) is 5. The number of fused-ring (bicyclic) bond motifs is 1. The molecule has 2 aromatic carbocycles. The number of pyridine rings is 2. The minimum Gasteiger partial charge on any atom is -0.383 e. The van der Waals surface area contributed by atoms with E-state index in [2.05, 4.69) is 69.9 Å². The van der Waals surface area contributed by atoms with Gasteiger partial charge in [-0.3, -0.25) is 9.47 Å². The summed E-state index contributed by atoms with van der Waals surface area (Å²) in [4.78, 5) is 16.9.